The first-order chi connectivity index (χ1) is 7.27. The number of hydrogen-bond acceptors (Lipinski definition) is 2. The minimum atomic E-state index is -0.485. The zero-order valence-corrected chi connectivity index (χ0v) is 8.42. The van der Waals surface area contributed by atoms with Crippen molar-refractivity contribution in [1.29, 1.82) is 5.26 Å². The molecule has 0 heterocycles. The van der Waals surface area contributed by atoms with Crippen LogP contribution in [-0.2, 0) is 11.8 Å². The van der Waals surface area contributed by atoms with E-state index in [1.165, 1.54) is 5.56 Å². The Kier molecular flexibility index (Phi) is 1.56. The predicted octanol–water partition coefficient (Wildman–Crippen LogP) is 2.37. The summed E-state index contributed by atoms with van der Waals surface area (Å²) in [5.74, 6) is 0.148. The van der Waals surface area contributed by atoms with Crippen molar-refractivity contribution in [3.8, 4) is 6.07 Å². The van der Waals surface area contributed by atoms with Gasteiger partial charge in [-0.05, 0) is 30.4 Å². The molecule has 0 radical (unpaired) electrons. The second-order valence-electron chi connectivity index (χ2n) is 4.49. The summed E-state index contributed by atoms with van der Waals surface area (Å²) >= 11 is 0. The second-order valence-corrected chi connectivity index (χ2v) is 4.49. The van der Waals surface area contributed by atoms with E-state index in [0.717, 1.165) is 30.4 Å². The topological polar surface area (TPSA) is 40.9 Å². The summed E-state index contributed by atoms with van der Waals surface area (Å²) in [4.78, 5) is 11.8. The Balaban J connectivity index is 2.35. The summed E-state index contributed by atoms with van der Waals surface area (Å²) < 4.78 is 0. The first-order valence-electron chi connectivity index (χ1n) is 5.34. The van der Waals surface area contributed by atoms with Gasteiger partial charge in [0.05, 0.1) is 11.5 Å². The van der Waals surface area contributed by atoms with E-state index < -0.39 is 5.41 Å². The maximum Gasteiger partial charge on any atom is 0.165 e. The molecule has 0 bridgehead atoms. The number of ketones is 1. The highest BCUT2D eigenvalue weighted by atomic mass is 16.1. The highest BCUT2D eigenvalue weighted by molar-refractivity contribution is 6.03. The van der Waals surface area contributed by atoms with Crippen LogP contribution in [0.3, 0.4) is 0 Å². The number of aryl methyl sites for hydroxylation is 1. The molecule has 1 aromatic rings. The van der Waals surface area contributed by atoms with Gasteiger partial charge in [-0.1, -0.05) is 18.2 Å². The Hall–Kier alpha value is -1.62. The molecule has 1 aromatic carbocycles. The van der Waals surface area contributed by atoms with Gasteiger partial charge in [-0.15, -0.1) is 0 Å². The molecule has 0 amide bonds. The van der Waals surface area contributed by atoms with Crippen molar-refractivity contribution < 1.29 is 4.79 Å². The average Bonchev–Trinajstić information content (AvgIpc) is 2.56. The number of carbonyl (C=O) groups excluding carboxylic acids is 1. The number of hydrogen-bond donors (Lipinski definition) is 0. The van der Waals surface area contributed by atoms with Crippen molar-refractivity contribution in [3.05, 3.63) is 34.9 Å². The molecule has 3 rings (SSSR count). The number of nitriles is 1. The maximum atomic E-state index is 11.8. The summed E-state index contributed by atoms with van der Waals surface area (Å²) in [6, 6.07) is 8.25. The van der Waals surface area contributed by atoms with Gasteiger partial charge >= 0.3 is 0 Å². The van der Waals surface area contributed by atoms with Crippen LogP contribution in [-0.4, -0.2) is 5.78 Å². The predicted molar refractivity (Wildman–Crippen MR) is 55.6 cm³/mol. The smallest absolute Gasteiger partial charge is 0.165 e. The first kappa shape index (κ1) is 8.67. The van der Waals surface area contributed by atoms with Crippen molar-refractivity contribution >= 4 is 5.78 Å². The van der Waals surface area contributed by atoms with Crippen LogP contribution < -0.4 is 0 Å². The SMILES string of the molecule is N#C[C@@]12CCCc3cccc(c31)C(=O)C2. The van der Waals surface area contributed by atoms with Crippen LogP contribution in [0.15, 0.2) is 18.2 Å². The lowest BCUT2D eigenvalue weighted by Gasteiger charge is -2.28. The maximum absolute atomic E-state index is 11.8. The number of benzene rings is 1. The first-order valence-corrected chi connectivity index (χ1v) is 5.34. The van der Waals surface area contributed by atoms with Gasteiger partial charge in [-0.25, -0.2) is 0 Å². The van der Waals surface area contributed by atoms with Crippen molar-refractivity contribution in [3.63, 3.8) is 0 Å². The van der Waals surface area contributed by atoms with Crippen LogP contribution in [0.25, 0.3) is 0 Å². The summed E-state index contributed by atoms with van der Waals surface area (Å²) in [5.41, 5.74) is 2.57. The molecule has 1 atom stereocenters. The molecule has 2 nitrogen and oxygen atoms in total. The third-order valence-corrected chi connectivity index (χ3v) is 3.66. The summed E-state index contributed by atoms with van der Waals surface area (Å²) in [5, 5.41) is 9.34. The van der Waals surface area contributed by atoms with Gasteiger partial charge in [-0.2, -0.15) is 5.26 Å². The highest BCUT2D eigenvalue weighted by Crippen LogP contribution is 2.47. The van der Waals surface area contributed by atoms with E-state index in [1.54, 1.807) is 0 Å². The lowest BCUT2D eigenvalue weighted by molar-refractivity contribution is 0.0980. The Morgan fingerprint density at radius 1 is 1.40 bits per heavy atom. The lowest BCUT2D eigenvalue weighted by Crippen LogP contribution is -2.26. The summed E-state index contributed by atoms with van der Waals surface area (Å²) in [6.45, 7) is 0. The van der Waals surface area contributed by atoms with Crippen LogP contribution in [0, 0.1) is 11.3 Å². The Labute approximate surface area is 88.5 Å². The van der Waals surface area contributed by atoms with E-state index in [9.17, 15) is 10.1 Å². The molecule has 2 heteroatoms. The monoisotopic (exact) mass is 197 g/mol. The van der Waals surface area contributed by atoms with E-state index in [4.69, 9.17) is 0 Å². The fourth-order valence-electron chi connectivity index (χ4n) is 3.01. The normalized spacial score (nSPS) is 27.3. The van der Waals surface area contributed by atoms with E-state index in [-0.39, 0.29) is 5.78 Å². The fourth-order valence-corrected chi connectivity index (χ4v) is 3.01. The number of nitrogens with zero attached hydrogens (tertiary/aromatic N) is 1. The second kappa shape index (κ2) is 2.70. The molecular formula is C13H11NO. The van der Waals surface area contributed by atoms with E-state index in [1.807, 2.05) is 12.1 Å². The van der Waals surface area contributed by atoms with Gasteiger partial charge in [0.1, 0.15) is 0 Å². The van der Waals surface area contributed by atoms with Gasteiger partial charge < -0.3 is 0 Å². The molecule has 0 N–H and O–H groups in total. The van der Waals surface area contributed by atoms with Gasteiger partial charge in [0.25, 0.3) is 0 Å². The summed E-state index contributed by atoms with van der Waals surface area (Å²) in [6.07, 6.45) is 3.28. The van der Waals surface area contributed by atoms with E-state index in [0.29, 0.717) is 6.42 Å². The molecule has 0 aliphatic heterocycles. The molecule has 2 aliphatic carbocycles. The van der Waals surface area contributed by atoms with Crippen molar-refractivity contribution in [2.75, 3.05) is 0 Å². The van der Waals surface area contributed by atoms with Gasteiger partial charge in [0.15, 0.2) is 5.78 Å². The fraction of sp³-hybridized carbons (Fsp3) is 0.385. The van der Waals surface area contributed by atoms with Crippen LogP contribution in [0.1, 0.15) is 40.7 Å². The van der Waals surface area contributed by atoms with Crippen molar-refractivity contribution in [2.24, 2.45) is 0 Å². The third kappa shape index (κ3) is 0.955. The van der Waals surface area contributed by atoms with E-state index >= 15 is 0 Å². The van der Waals surface area contributed by atoms with E-state index in [2.05, 4.69) is 12.1 Å². The largest absolute Gasteiger partial charge is 0.294 e. The minimum absolute atomic E-state index is 0.148. The van der Waals surface area contributed by atoms with Crippen LogP contribution in [0.2, 0.25) is 0 Å². The molecule has 0 fully saturated rings. The standard InChI is InChI=1S/C13H11NO/c14-8-13-6-2-4-9-3-1-5-10(12(9)13)11(15)7-13/h1,3,5H,2,4,6-7H2/t13-/m0/s1. The average molecular weight is 197 g/mol. The van der Waals surface area contributed by atoms with Gasteiger partial charge in [0.2, 0.25) is 0 Å². The molecule has 0 unspecified atom stereocenters. The Morgan fingerprint density at radius 2 is 2.27 bits per heavy atom. The van der Waals surface area contributed by atoms with Crippen LogP contribution in [0.4, 0.5) is 0 Å². The molecule has 0 spiro atoms. The van der Waals surface area contributed by atoms with Crippen LogP contribution in [0.5, 0.6) is 0 Å². The van der Waals surface area contributed by atoms with Crippen molar-refractivity contribution in [1.82, 2.24) is 0 Å². The van der Waals surface area contributed by atoms with Crippen LogP contribution >= 0.6 is 0 Å². The molecule has 2 aliphatic rings. The quantitative estimate of drug-likeness (QED) is 0.640. The third-order valence-electron chi connectivity index (χ3n) is 3.66. The number of rotatable bonds is 0. The molecular weight excluding hydrogens is 186 g/mol. The highest BCUT2D eigenvalue weighted by Gasteiger charge is 2.46. The molecule has 0 saturated heterocycles. The number of carbonyl (C=O) groups is 1. The minimum Gasteiger partial charge on any atom is -0.294 e. The summed E-state index contributed by atoms with van der Waals surface area (Å²) in [7, 11) is 0. The molecule has 0 aromatic heterocycles. The zero-order valence-electron chi connectivity index (χ0n) is 8.42. The van der Waals surface area contributed by atoms with Gasteiger partial charge in [0, 0.05) is 12.0 Å². The molecule has 0 saturated carbocycles. The zero-order chi connectivity index (χ0) is 10.5. The van der Waals surface area contributed by atoms with Gasteiger partial charge in [-0.3, -0.25) is 4.79 Å². The van der Waals surface area contributed by atoms with Crippen molar-refractivity contribution in [2.45, 2.75) is 31.1 Å². The Morgan fingerprint density at radius 3 is 3.07 bits per heavy atom. The number of Topliss-reactive ketones (excluding diaryl/α,β-unsaturated/α-hetero) is 1. The molecule has 74 valence electrons. The molecule has 15 heavy (non-hydrogen) atoms. The Bertz CT molecular complexity index is 498. The lowest BCUT2D eigenvalue weighted by atomic mass is 9.72.